The van der Waals surface area contributed by atoms with Crippen molar-refractivity contribution < 1.29 is 9.90 Å². The number of carbonyl (C=O) groups excluding carboxylic acids is 1. The fourth-order valence-electron chi connectivity index (χ4n) is 10.3. The molecular formula is C34H36N2O2. The van der Waals surface area contributed by atoms with E-state index in [9.17, 15) is 9.90 Å². The molecule has 0 radical (unpaired) electrons. The maximum atomic E-state index is 13.7. The number of aromatic hydroxyl groups is 1. The first kappa shape index (κ1) is 22.8. The lowest BCUT2D eigenvalue weighted by atomic mass is 9.43. The highest BCUT2D eigenvalue weighted by atomic mass is 16.3. The van der Waals surface area contributed by atoms with Gasteiger partial charge in [0.2, 0.25) is 0 Å². The molecule has 3 aromatic carbocycles. The monoisotopic (exact) mass is 504 g/mol. The van der Waals surface area contributed by atoms with E-state index in [4.69, 9.17) is 0 Å². The van der Waals surface area contributed by atoms with Gasteiger partial charge in [-0.3, -0.25) is 9.69 Å². The first-order chi connectivity index (χ1) is 18.6. The number of benzene rings is 3. The minimum atomic E-state index is 0.0620. The highest BCUT2D eigenvalue weighted by Gasteiger charge is 2.76. The largest absolute Gasteiger partial charge is 0.508 e. The van der Waals surface area contributed by atoms with E-state index in [-0.39, 0.29) is 16.7 Å². The number of amides is 1. The first-order valence-electron chi connectivity index (χ1n) is 14.6. The van der Waals surface area contributed by atoms with Gasteiger partial charge in [-0.05, 0) is 103 Å². The van der Waals surface area contributed by atoms with Crippen molar-refractivity contribution in [2.45, 2.75) is 56.0 Å². The van der Waals surface area contributed by atoms with Crippen molar-refractivity contribution >= 4 is 5.91 Å². The predicted octanol–water partition coefficient (Wildman–Crippen LogP) is 5.44. The SMILES string of the molecule is O=C(c1ccccc1)N1C[C@H]2CC34CCC1C2C31CCN(CCc2ccccc2)C4Cc2ccc(O)cc21. The zero-order valence-electron chi connectivity index (χ0n) is 21.9. The lowest BCUT2D eigenvalue weighted by Gasteiger charge is -2.66. The van der Waals surface area contributed by atoms with Gasteiger partial charge in [0.15, 0.2) is 0 Å². The number of nitrogens with zero attached hydrogens (tertiary/aromatic N) is 2. The molecule has 38 heavy (non-hydrogen) atoms. The molecule has 0 aromatic heterocycles. The maximum Gasteiger partial charge on any atom is 0.254 e. The molecule has 2 saturated heterocycles. The van der Waals surface area contributed by atoms with Crippen LogP contribution in [0.5, 0.6) is 5.75 Å². The lowest BCUT2D eigenvalue weighted by molar-refractivity contribution is -0.100. The number of phenolic OH excluding ortho intramolecular Hbond substituents is 1. The number of piperidine rings is 1. The third-order valence-corrected chi connectivity index (χ3v) is 11.4. The van der Waals surface area contributed by atoms with Gasteiger partial charge in [-0.25, -0.2) is 0 Å². The summed E-state index contributed by atoms with van der Waals surface area (Å²) in [5.41, 5.74) is 5.40. The quantitative estimate of drug-likeness (QED) is 0.514. The summed E-state index contributed by atoms with van der Waals surface area (Å²) < 4.78 is 0. The molecule has 4 heteroatoms. The van der Waals surface area contributed by atoms with Crippen LogP contribution in [0.4, 0.5) is 0 Å². The summed E-state index contributed by atoms with van der Waals surface area (Å²) in [4.78, 5) is 18.8. The third kappa shape index (κ3) is 2.93. The molecule has 3 aliphatic carbocycles. The summed E-state index contributed by atoms with van der Waals surface area (Å²) in [5.74, 6) is 1.63. The third-order valence-electron chi connectivity index (χ3n) is 11.4. The molecule has 6 atom stereocenters. The summed E-state index contributed by atoms with van der Waals surface area (Å²) in [7, 11) is 0. The standard InChI is InChI=1S/C34H36N2O2/c37-27-12-11-25-19-30-33-15-13-29-31(26(21-33)22-36(29)32(38)24-9-5-2-6-10-24)34(33,28(25)20-27)16-18-35(30)17-14-23-7-3-1-4-8-23/h1-12,20,26,29-31,37H,13-19,21-22H2/t26-,29?,30?,31?,33?,34?/m1/s1. The van der Waals surface area contributed by atoms with E-state index in [1.807, 2.05) is 36.4 Å². The second kappa shape index (κ2) is 8.19. The summed E-state index contributed by atoms with van der Waals surface area (Å²) in [5, 5.41) is 10.7. The Hall–Kier alpha value is -3.11. The molecular weight excluding hydrogens is 468 g/mol. The average molecular weight is 505 g/mol. The molecule has 5 unspecified atom stereocenters. The van der Waals surface area contributed by atoms with Gasteiger partial charge in [-0.15, -0.1) is 0 Å². The number of hydrogen-bond acceptors (Lipinski definition) is 3. The molecule has 3 aromatic rings. The van der Waals surface area contributed by atoms with Crippen LogP contribution in [0.25, 0.3) is 0 Å². The molecule has 194 valence electrons. The van der Waals surface area contributed by atoms with Crippen LogP contribution in [0.2, 0.25) is 0 Å². The van der Waals surface area contributed by atoms with Gasteiger partial charge in [-0.2, -0.15) is 0 Å². The number of fused-ring (bicyclic) bond motifs is 1. The van der Waals surface area contributed by atoms with Crippen LogP contribution in [-0.2, 0) is 18.3 Å². The Morgan fingerprint density at radius 1 is 0.974 bits per heavy atom. The Bertz CT molecular complexity index is 1390. The Kier molecular flexibility index (Phi) is 4.92. The molecule has 4 bridgehead atoms. The van der Waals surface area contributed by atoms with E-state index in [2.05, 4.69) is 52.3 Å². The molecule has 4 nitrogen and oxygen atoms in total. The Labute approximate surface area is 225 Å². The number of likely N-dealkylation sites (tertiary alicyclic amines) is 2. The van der Waals surface area contributed by atoms with E-state index in [0.29, 0.717) is 29.7 Å². The maximum absolute atomic E-state index is 13.7. The van der Waals surface area contributed by atoms with Crippen molar-refractivity contribution in [3.8, 4) is 5.75 Å². The van der Waals surface area contributed by atoms with Crippen molar-refractivity contribution in [2.75, 3.05) is 19.6 Å². The lowest BCUT2D eigenvalue weighted by Crippen LogP contribution is -2.69. The Morgan fingerprint density at radius 3 is 2.58 bits per heavy atom. The normalized spacial score (nSPS) is 34.6. The molecule has 2 aliphatic heterocycles. The van der Waals surface area contributed by atoms with Crippen LogP contribution in [0, 0.1) is 17.3 Å². The molecule has 8 rings (SSSR count). The predicted molar refractivity (Wildman–Crippen MR) is 148 cm³/mol. The van der Waals surface area contributed by atoms with Crippen LogP contribution in [0.3, 0.4) is 0 Å². The van der Waals surface area contributed by atoms with Crippen molar-refractivity contribution in [1.29, 1.82) is 0 Å². The van der Waals surface area contributed by atoms with Crippen LogP contribution in [0.15, 0.2) is 78.9 Å². The van der Waals surface area contributed by atoms with Gasteiger partial charge in [0, 0.05) is 36.2 Å². The Morgan fingerprint density at radius 2 is 1.76 bits per heavy atom. The molecule has 2 saturated carbocycles. The summed E-state index contributed by atoms with van der Waals surface area (Å²) >= 11 is 0. The van der Waals surface area contributed by atoms with E-state index >= 15 is 0 Å². The van der Waals surface area contributed by atoms with E-state index in [1.165, 1.54) is 29.5 Å². The highest BCUT2D eigenvalue weighted by molar-refractivity contribution is 5.94. The van der Waals surface area contributed by atoms with Gasteiger partial charge in [-0.1, -0.05) is 54.6 Å². The van der Waals surface area contributed by atoms with E-state index in [1.54, 1.807) is 0 Å². The fraction of sp³-hybridized carbons (Fsp3) is 0.441. The number of carbonyl (C=O) groups is 1. The summed E-state index contributed by atoms with van der Waals surface area (Å²) in [6.45, 7) is 3.10. The first-order valence-corrected chi connectivity index (χ1v) is 14.6. The van der Waals surface area contributed by atoms with Crippen LogP contribution in [-0.4, -0.2) is 52.5 Å². The van der Waals surface area contributed by atoms with E-state index in [0.717, 1.165) is 50.9 Å². The second-order valence-corrected chi connectivity index (χ2v) is 12.6. The van der Waals surface area contributed by atoms with E-state index < -0.39 is 0 Å². The second-order valence-electron chi connectivity index (χ2n) is 12.6. The van der Waals surface area contributed by atoms with Crippen molar-refractivity contribution in [3.05, 3.63) is 101 Å². The zero-order valence-corrected chi connectivity index (χ0v) is 21.9. The molecule has 0 spiro atoms. The van der Waals surface area contributed by atoms with Gasteiger partial charge in [0.1, 0.15) is 5.75 Å². The molecule has 1 amide bonds. The van der Waals surface area contributed by atoms with Crippen molar-refractivity contribution in [1.82, 2.24) is 9.80 Å². The summed E-state index contributed by atoms with van der Waals surface area (Å²) in [6.07, 6.45) is 6.83. The topological polar surface area (TPSA) is 43.8 Å². The minimum absolute atomic E-state index is 0.0620. The summed E-state index contributed by atoms with van der Waals surface area (Å²) in [6, 6.07) is 27.9. The van der Waals surface area contributed by atoms with Gasteiger partial charge >= 0.3 is 0 Å². The minimum Gasteiger partial charge on any atom is -0.508 e. The van der Waals surface area contributed by atoms with Crippen molar-refractivity contribution in [3.63, 3.8) is 0 Å². The van der Waals surface area contributed by atoms with Crippen molar-refractivity contribution in [2.24, 2.45) is 17.3 Å². The highest BCUT2D eigenvalue weighted by Crippen LogP contribution is 2.75. The molecule has 1 N–H and O–H groups in total. The van der Waals surface area contributed by atoms with Gasteiger partial charge in [0.25, 0.3) is 5.91 Å². The number of hydrogen-bond donors (Lipinski definition) is 1. The van der Waals surface area contributed by atoms with Crippen LogP contribution < -0.4 is 0 Å². The number of phenols is 1. The molecule has 5 aliphatic rings. The zero-order chi connectivity index (χ0) is 25.5. The number of rotatable bonds is 4. The van der Waals surface area contributed by atoms with Gasteiger partial charge in [0.05, 0.1) is 0 Å². The molecule has 4 fully saturated rings. The fourth-order valence-corrected chi connectivity index (χ4v) is 10.3. The van der Waals surface area contributed by atoms with Crippen LogP contribution >= 0.6 is 0 Å². The smallest absolute Gasteiger partial charge is 0.254 e. The van der Waals surface area contributed by atoms with Crippen LogP contribution in [0.1, 0.15) is 52.7 Å². The van der Waals surface area contributed by atoms with Gasteiger partial charge < -0.3 is 10.0 Å². The Balaban J connectivity index is 1.19. The molecule has 2 heterocycles. The average Bonchev–Trinajstić information content (AvgIpc) is 3.40.